The van der Waals surface area contributed by atoms with Crippen molar-refractivity contribution in [1.82, 2.24) is 20.1 Å². The van der Waals surface area contributed by atoms with Gasteiger partial charge in [-0.1, -0.05) is 13.8 Å². The molecule has 0 aromatic carbocycles. The summed E-state index contributed by atoms with van der Waals surface area (Å²) in [6.45, 7) is 5.61. The number of hydrogen-bond acceptors (Lipinski definition) is 3. The van der Waals surface area contributed by atoms with Gasteiger partial charge in [0.15, 0.2) is 11.8 Å². The van der Waals surface area contributed by atoms with Gasteiger partial charge in [-0.25, -0.2) is 9.98 Å². The van der Waals surface area contributed by atoms with Gasteiger partial charge >= 0.3 is 0 Å². The van der Waals surface area contributed by atoms with Crippen LogP contribution < -0.4 is 11.1 Å². The Labute approximate surface area is 119 Å². The second kappa shape index (κ2) is 8.26. The van der Waals surface area contributed by atoms with Crippen molar-refractivity contribution in [3.63, 3.8) is 0 Å². The molecule has 6 nitrogen and oxygen atoms in total. The number of hydrogen-bond donors (Lipinski definition) is 2. The van der Waals surface area contributed by atoms with Gasteiger partial charge in [0.25, 0.3) is 0 Å². The van der Waals surface area contributed by atoms with Crippen molar-refractivity contribution in [2.75, 3.05) is 6.54 Å². The summed E-state index contributed by atoms with van der Waals surface area (Å²) in [5.74, 6) is 1.79. The molecule has 1 heterocycles. The highest BCUT2D eigenvalue weighted by atomic mass is 127. The predicted molar refractivity (Wildman–Crippen MR) is 79.2 cm³/mol. The number of nitrogens with two attached hydrogens (primary N) is 1. The normalized spacial score (nSPS) is 11.4. The van der Waals surface area contributed by atoms with Gasteiger partial charge in [0.2, 0.25) is 0 Å². The molecule has 3 N–H and O–H groups in total. The minimum Gasteiger partial charge on any atom is -0.370 e. The number of aryl methyl sites for hydroxylation is 1. The standard InChI is InChI=1S/C10H20N6.HI/c1-8(2)4-5-12-10(11)13-6-9-14-7-16(3)15-9;/h7-8H,4-6H2,1-3H3,(H3,11,12,13);1H. The largest absolute Gasteiger partial charge is 0.370 e. The van der Waals surface area contributed by atoms with Crippen LogP contribution in [0.25, 0.3) is 0 Å². The molecular formula is C10H21IN6. The second-order valence-corrected chi connectivity index (χ2v) is 4.15. The van der Waals surface area contributed by atoms with Crippen molar-refractivity contribution >= 4 is 29.9 Å². The number of aromatic nitrogens is 3. The summed E-state index contributed by atoms with van der Waals surface area (Å²) >= 11 is 0. The summed E-state index contributed by atoms with van der Waals surface area (Å²) in [6.07, 6.45) is 2.73. The third-order valence-electron chi connectivity index (χ3n) is 2.07. The number of nitrogens with one attached hydrogen (secondary N) is 1. The molecule has 1 rings (SSSR count). The molecule has 0 spiro atoms. The Morgan fingerprint density at radius 3 is 2.82 bits per heavy atom. The average molecular weight is 352 g/mol. The van der Waals surface area contributed by atoms with Crippen LogP contribution in [0.15, 0.2) is 11.3 Å². The fourth-order valence-corrected chi connectivity index (χ4v) is 1.16. The van der Waals surface area contributed by atoms with E-state index in [1.165, 1.54) is 0 Å². The zero-order chi connectivity index (χ0) is 12.0. The van der Waals surface area contributed by atoms with Crippen molar-refractivity contribution in [3.05, 3.63) is 12.2 Å². The zero-order valence-corrected chi connectivity index (χ0v) is 12.9. The molecule has 17 heavy (non-hydrogen) atoms. The van der Waals surface area contributed by atoms with E-state index in [0.29, 0.717) is 24.2 Å². The maximum absolute atomic E-state index is 5.69. The van der Waals surface area contributed by atoms with Gasteiger partial charge < -0.3 is 11.1 Å². The van der Waals surface area contributed by atoms with Gasteiger partial charge in [0, 0.05) is 13.6 Å². The lowest BCUT2D eigenvalue weighted by atomic mass is 10.1. The Bertz CT molecular complexity index is 346. The van der Waals surface area contributed by atoms with Crippen LogP contribution in [0.3, 0.4) is 0 Å². The Hall–Kier alpha value is -0.860. The fourth-order valence-electron chi connectivity index (χ4n) is 1.16. The van der Waals surface area contributed by atoms with Crippen molar-refractivity contribution in [2.24, 2.45) is 23.7 Å². The Kier molecular flexibility index (Phi) is 7.85. The Balaban J connectivity index is 0.00000256. The molecule has 7 heteroatoms. The van der Waals surface area contributed by atoms with E-state index < -0.39 is 0 Å². The molecule has 98 valence electrons. The second-order valence-electron chi connectivity index (χ2n) is 4.15. The third kappa shape index (κ3) is 7.14. The predicted octanol–water partition coefficient (Wildman–Crippen LogP) is 0.883. The maximum atomic E-state index is 5.69. The lowest BCUT2D eigenvalue weighted by Crippen LogP contribution is -2.32. The summed E-state index contributed by atoms with van der Waals surface area (Å²) in [6, 6.07) is 0. The first kappa shape index (κ1) is 16.1. The number of rotatable bonds is 5. The van der Waals surface area contributed by atoms with Gasteiger partial charge in [-0.15, -0.1) is 24.0 Å². The van der Waals surface area contributed by atoms with Gasteiger partial charge in [-0.05, 0) is 12.3 Å². The first-order chi connectivity index (χ1) is 7.58. The molecule has 0 aliphatic heterocycles. The van der Waals surface area contributed by atoms with Crippen LogP contribution in [0.1, 0.15) is 26.1 Å². The molecule has 0 unspecified atom stereocenters. The third-order valence-corrected chi connectivity index (χ3v) is 2.07. The first-order valence-electron chi connectivity index (χ1n) is 5.46. The van der Waals surface area contributed by atoms with Crippen LogP contribution in [-0.4, -0.2) is 27.3 Å². The van der Waals surface area contributed by atoms with E-state index >= 15 is 0 Å². The Morgan fingerprint density at radius 1 is 1.59 bits per heavy atom. The summed E-state index contributed by atoms with van der Waals surface area (Å²) in [5, 5.41) is 7.16. The molecule has 0 saturated carbocycles. The van der Waals surface area contributed by atoms with Crippen LogP contribution in [0.2, 0.25) is 0 Å². The van der Waals surface area contributed by atoms with E-state index in [-0.39, 0.29) is 24.0 Å². The summed E-state index contributed by atoms with van der Waals surface area (Å²) < 4.78 is 1.65. The fraction of sp³-hybridized carbons (Fsp3) is 0.700. The van der Waals surface area contributed by atoms with E-state index in [1.54, 1.807) is 11.0 Å². The molecule has 0 aliphatic rings. The van der Waals surface area contributed by atoms with E-state index in [2.05, 4.69) is 34.2 Å². The van der Waals surface area contributed by atoms with Gasteiger partial charge in [0.05, 0.1) is 0 Å². The SMILES string of the molecule is CC(C)CCNC(N)=NCc1ncn(C)n1.I. The molecule has 0 aliphatic carbocycles. The highest BCUT2D eigenvalue weighted by Crippen LogP contribution is 1.96. The number of aliphatic imine (C=N–C) groups is 1. The van der Waals surface area contributed by atoms with Crippen LogP contribution in [-0.2, 0) is 13.6 Å². The topological polar surface area (TPSA) is 81.1 Å². The van der Waals surface area contributed by atoms with Gasteiger partial charge in [-0.3, -0.25) is 4.68 Å². The van der Waals surface area contributed by atoms with Crippen LogP contribution in [0, 0.1) is 5.92 Å². The summed E-state index contributed by atoms with van der Waals surface area (Å²) in [7, 11) is 1.82. The quantitative estimate of drug-likeness (QED) is 0.468. The molecule has 0 atom stereocenters. The lowest BCUT2D eigenvalue weighted by Gasteiger charge is -2.06. The molecular weight excluding hydrogens is 331 g/mol. The molecule has 0 saturated heterocycles. The maximum Gasteiger partial charge on any atom is 0.189 e. The highest BCUT2D eigenvalue weighted by molar-refractivity contribution is 14.0. The molecule has 1 aromatic rings. The summed E-state index contributed by atoms with van der Waals surface area (Å²) in [4.78, 5) is 8.21. The minimum atomic E-state index is 0. The number of guanidine groups is 1. The van der Waals surface area contributed by atoms with E-state index in [1.807, 2.05) is 7.05 Å². The molecule has 0 amide bonds. The Morgan fingerprint density at radius 2 is 2.29 bits per heavy atom. The van der Waals surface area contributed by atoms with Crippen LogP contribution in [0.5, 0.6) is 0 Å². The van der Waals surface area contributed by atoms with Gasteiger partial charge in [0.1, 0.15) is 12.9 Å². The smallest absolute Gasteiger partial charge is 0.189 e. The van der Waals surface area contributed by atoms with Crippen molar-refractivity contribution in [2.45, 2.75) is 26.8 Å². The van der Waals surface area contributed by atoms with Crippen molar-refractivity contribution < 1.29 is 0 Å². The average Bonchev–Trinajstić information content (AvgIpc) is 2.61. The molecule has 0 fully saturated rings. The van der Waals surface area contributed by atoms with Crippen molar-refractivity contribution in [1.29, 1.82) is 0 Å². The summed E-state index contributed by atoms with van der Waals surface area (Å²) in [5.41, 5.74) is 5.69. The highest BCUT2D eigenvalue weighted by Gasteiger charge is 1.98. The monoisotopic (exact) mass is 352 g/mol. The molecule has 0 radical (unpaired) electrons. The lowest BCUT2D eigenvalue weighted by molar-refractivity contribution is 0.576. The minimum absolute atomic E-state index is 0. The van der Waals surface area contributed by atoms with Crippen molar-refractivity contribution in [3.8, 4) is 0 Å². The molecule has 0 bridgehead atoms. The number of halogens is 1. The first-order valence-corrected chi connectivity index (χ1v) is 5.46. The van der Waals surface area contributed by atoms with Gasteiger partial charge in [-0.2, -0.15) is 5.10 Å². The molecule has 1 aromatic heterocycles. The zero-order valence-electron chi connectivity index (χ0n) is 10.6. The van der Waals surface area contributed by atoms with E-state index in [4.69, 9.17) is 5.73 Å². The van der Waals surface area contributed by atoms with E-state index in [9.17, 15) is 0 Å². The van der Waals surface area contributed by atoms with Crippen LogP contribution in [0.4, 0.5) is 0 Å². The van der Waals surface area contributed by atoms with E-state index in [0.717, 1.165) is 13.0 Å². The number of nitrogens with zero attached hydrogens (tertiary/aromatic N) is 4. The van der Waals surface area contributed by atoms with Crippen LogP contribution >= 0.6 is 24.0 Å².